The van der Waals surface area contributed by atoms with Gasteiger partial charge in [0.2, 0.25) is 11.8 Å². The van der Waals surface area contributed by atoms with Crippen molar-refractivity contribution in [2.45, 2.75) is 58.8 Å². The van der Waals surface area contributed by atoms with E-state index in [-0.39, 0.29) is 11.8 Å². The number of nitrogens with zero attached hydrogens (tertiary/aromatic N) is 1. The largest absolute Gasteiger partial charge is 0.370 e. The van der Waals surface area contributed by atoms with Gasteiger partial charge in [0.1, 0.15) is 5.41 Å². The fourth-order valence-corrected chi connectivity index (χ4v) is 2.16. The lowest BCUT2D eigenvalue weighted by atomic mass is 9.80. The molecule has 19 heavy (non-hydrogen) atoms. The van der Waals surface area contributed by atoms with E-state index in [9.17, 15) is 14.9 Å². The smallest absolute Gasteiger partial charge is 0.240 e. The van der Waals surface area contributed by atoms with Crippen LogP contribution >= 0.6 is 0 Å². The SMILES string of the molecule is CCCC(C#N)(CCC)C(=O)NCCCCC(N)=O. The van der Waals surface area contributed by atoms with Gasteiger partial charge in [-0.1, -0.05) is 26.7 Å². The van der Waals surface area contributed by atoms with Crippen LogP contribution in [-0.2, 0) is 9.59 Å². The van der Waals surface area contributed by atoms with E-state index >= 15 is 0 Å². The molecular formula is C14H25N3O2. The van der Waals surface area contributed by atoms with Gasteiger partial charge in [0.05, 0.1) is 6.07 Å². The van der Waals surface area contributed by atoms with E-state index in [2.05, 4.69) is 11.4 Å². The lowest BCUT2D eigenvalue weighted by Crippen LogP contribution is -2.40. The zero-order valence-corrected chi connectivity index (χ0v) is 12.0. The summed E-state index contributed by atoms with van der Waals surface area (Å²) in [5.74, 6) is -0.507. The molecule has 0 aliphatic carbocycles. The average molecular weight is 267 g/mol. The Morgan fingerprint density at radius 1 is 1.21 bits per heavy atom. The molecular weight excluding hydrogens is 242 g/mol. The normalized spacial score (nSPS) is 10.8. The zero-order valence-electron chi connectivity index (χ0n) is 12.0. The molecule has 0 fully saturated rings. The molecule has 108 valence electrons. The number of rotatable bonds is 10. The highest BCUT2D eigenvalue weighted by Gasteiger charge is 2.36. The molecule has 0 aliphatic heterocycles. The van der Waals surface area contributed by atoms with Gasteiger partial charge in [-0.05, 0) is 25.7 Å². The molecule has 5 nitrogen and oxygen atoms in total. The van der Waals surface area contributed by atoms with Gasteiger partial charge in [-0.25, -0.2) is 0 Å². The number of carbonyl (C=O) groups excluding carboxylic acids is 2. The molecule has 0 aromatic heterocycles. The van der Waals surface area contributed by atoms with E-state index in [1.165, 1.54) is 0 Å². The molecule has 0 aromatic rings. The second-order valence-corrected chi connectivity index (χ2v) is 4.87. The Hall–Kier alpha value is -1.57. The maximum Gasteiger partial charge on any atom is 0.240 e. The zero-order chi connectivity index (χ0) is 14.7. The van der Waals surface area contributed by atoms with Crippen molar-refractivity contribution in [2.24, 2.45) is 11.1 Å². The molecule has 0 spiro atoms. The van der Waals surface area contributed by atoms with Crippen molar-refractivity contribution in [3.05, 3.63) is 0 Å². The topological polar surface area (TPSA) is 96.0 Å². The highest BCUT2D eigenvalue weighted by molar-refractivity contribution is 5.85. The van der Waals surface area contributed by atoms with E-state index in [1.54, 1.807) is 0 Å². The van der Waals surface area contributed by atoms with Crippen LogP contribution < -0.4 is 11.1 Å². The summed E-state index contributed by atoms with van der Waals surface area (Å²) >= 11 is 0. The number of primary amides is 1. The number of nitriles is 1. The number of nitrogens with one attached hydrogen (secondary N) is 1. The molecule has 0 saturated heterocycles. The minimum atomic E-state index is -0.896. The molecule has 5 heteroatoms. The first-order chi connectivity index (χ1) is 9.02. The van der Waals surface area contributed by atoms with E-state index in [0.717, 1.165) is 12.8 Å². The van der Waals surface area contributed by atoms with Crippen molar-refractivity contribution >= 4 is 11.8 Å². The Balaban J connectivity index is 4.26. The predicted molar refractivity (Wildman–Crippen MR) is 73.9 cm³/mol. The molecule has 2 amide bonds. The summed E-state index contributed by atoms with van der Waals surface area (Å²) in [5, 5.41) is 12.1. The first kappa shape index (κ1) is 17.4. The summed E-state index contributed by atoms with van der Waals surface area (Å²) in [6.45, 7) is 4.44. The Kier molecular flexibility index (Phi) is 8.60. The highest BCUT2D eigenvalue weighted by atomic mass is 16.2. The number of hydrogen-bond acceptors (Lipinski definition) is 3. The predicted octanol–water partition coefficient (Wildman–Crippen LogP) is 1.87. The monoisotopic (exact) mass is 267 g/mol. The van der Waals surface area contributed by atoms with Gasteiger partial charge >= 0.3 is 0 Å². The maximum atomic E-state index is 12.1. The summed E-state index contributed by atoms with van der Waals surface area (Å²) in [5.41, 5.74) is 4.14. The third-order valence-electron chi connectivity index (χ3n) is 3.14. The van der Waals surface area contributed by atoms with Crippen molar-refractivity contribution < 1.29 is 9.59 Å². The molecule has 0 aromatic carbocycles. The van der Waals surface area contributed by atoms with Gasteiger partial charge in [-0.3, -0.25) is 9.59 Å². The standard InChI is InChI=1S/C14H25N3O2/c1-3-8-14(11-15,9-4-2)13(19)17-10-6-5-7-12(16)18/h3-10H2,1-2H3,(H2,16,18)(H,17,19). The first-order valence-electron chi connectivity index (χ1n) is 7.00. The summed E-state index contributed by atoms with van der Waals surface area (Å²) in [7, 11) is 0. The van der Waals surface area contributed by atoms with Crippen molar-refractivity contribution in [2.75, 3.05) is 6.54 Å². The molecule has 3 N–H and O–H groups in total. The van der Waals surface area contributed by atoms with Crippen molar-refractivity contribution in [3.63, 3.8) is 0 Å². The fourth-order valence-electron chi connectivity index (χ4n) is 2.16. The quantitative estimate of drug-likeness (QED) is 0.591. The van der Waals surface area contributed by atoms with Crippen LogP contribution in [0.25, 0.3) is 0 Å². The van der Waals surface area contributed by atoms with Crippen LogP contribution in [0.4, 0.5) is 0 Å². The van der Waals surface area contributed by atoms with Crippen molar-refractivity contribution in [3.8, 4) is 6.07 Å². The third kappa shape index (κ3) is 6.23. The fraction of sp³-hybridized carbons (Fsp3) is 0.786. The molecule has 0 heterocycles. The molecule has 0 saturated carbocycles. The van der Waals surface area contributed by atoms with Gasteiger partial charge in [0.25, 0.3) is 0 Å². The maximum absolute atomic E-state index is 12.1. The average Bonchev–Trinajstić information content (AvgIpc) is 2.37. The Labute approximate surface area is 115 Å². The van der Waals surface area contributed by atoms with E-state index < -0.39 is 5.41 Å². The molecule has 0 aliphatic rings. The van der Waals surface area contributed by atoms with E-state index in [4.69, 9.17) is 5.73 Å². The van der Waals surface area contributed by atoms with Gasteiger partial charge in [-0.2, -0.15) is 5.26 Å². The van der Waals surface area contributed by atoms with Gasteiger partial charge in [0, 0.05) is 13.0 Å². The van der Waals surface area contributed by atoms with Crippen molar-refractivity contribution in [1.29, 1.82) is 5.26 Å². The van der Waals surface area contributed by atoms with Crippen LogP contribution in [0.1, 0.15) is 58.8 Å². The number of amides is 2. The summed E-state index contributed by atoms with van der Waals surface area (Å²) in [6, 6.07) is 2.19. The minimum Gasteiger partial charge on any atom is -0.370 e. The third-order valence-corrected chi connectivity index (χ3v) is 3.14. The van der Waals surface area contributed by atoms with E-state index in [0.29, 0.717) is 38.6 Å². The van der Waals surface area contributed by atoms with Crippen LogP contribution in [-0.4, -0.2) is 18.4 Å². The molecule has 0 atom stereocenters. The van der Waals surface area contributed by atoms with Crippen molar-refractivity contribution in [1.82, 2.24) is 5.32 Å². The van der Waals surface area contributed by atoms with Gasteiger partial charge in [-0.15, -0.1) is 0 Å². The number of hydrogen-bond donors (Lipinski definition) is 2. The summed E-state index contributed by atoms with van der Waals surface area (Å²) in [4.78, 5) is 22.7. The number of carbonyl (C=O) groups is 2. The lowest BCUT2D eigenvalue weighted by Gasteiger charge is -2.24. The molecule has 0 radical (unpaired) electrons. The minimum absolute atomic E-state index is 0.183. The summed E-state index contributed by atoms with van der Waals surface area (Å²) in [6.07, 6.45) is 4.49. The lowest BCUT2D eigenvalue weighted by molar-refractivity contribution is -0.128. The molecule has 0 unspecified atom stereocenters. The van der Waals surface area contributed by atoms with Crippen LogP contribution in [0, 0.1) is 16.7 Å². The van der Waals surface area contributed by atoms with Crippen LogP contribution in [0.2, 0.25) is 0 Å². The van der Waals surface area contributed by atoms with Crippen LogP contribution in [0.15, 0.2) is 0 Å². The second kappa shape index (κ2) is 9.37. The second-order valence-electron chi connectivity index (χ2n) is 4.87. The van der Waals surface area contributed by atoms with Crippen LogP contribution in [0.3, 0.4) is 0 Å². The molecule has 0 bridgehead atoms. The summed E-state index contributed by atoms with van der Waals surface area (Å²) < 4.78 is 0. The van der Waals surface area contributed by atoms with Gasteiger partial charge < -0.3 is 11.1 Å². The Morgan fingerprint density at radius 3 is 2.21 bits per heavy atom. The Morgan fingerprint density at radius 2 is 1.79 bits per heavy atom. The van der Waals surface area contributed by atoms with Crippen LogP contribution in [0.5, 0.6) is 0 Å². The van der Waals surface area contributed by atoms with Gasteiger partial charge in [0.15, 0.2) is 0 Å². The molecule has 0 rings (SSSR count). The van der Waals surface area contributed by atoms with E-state index in [1.807, 2.05) is 13.8 Å². The highest BCUT2D eigenvalue weighted by Crippen LogP contribution is 2.29. The first-order valence-corrected chi connectivity index (χ1v) is 7.00. The number of unbranched alkanes of at least 4 members (excludes halogenated alkanes) is 1. The Bertz CT molecular complexity index is 328. The number of nitrogens with two attached hydrogens (primary N) is 1.